The van der Waals surface area contributed by atoms with Crippen molar-refractivity contribution < 1.29 is 4.42 Å². The molecule has 3 heteroatoms. The van der Waals surface area contributed by atoms with Crippen molar-refractivity contribution in [1.82, 2.24) is 10.6 Å². The lowest BCUT2D eigenvalue weighted by Crippen LogP contribution is -2.48. The summed E-state index contributed by atoms with van der Waals surface area (Å²) in [7, 11) is 0. The first-order chi connectivity index (χ1) is 9.17. The molecule has 1 aromatic heterocycles. The van der Waals surface area contributed by atoms with Gasteiger partial charge in [0.2, 0.25) is 0 Å². The Kier molecular flexibility index (Phi) is 3.33. The minimum absolute atomic E-state index is 0.0871. The number of benzene rings is 1. The van der Waals surface area contributed by atoms with Gasteiger partial charge in [0.15, 0.2) is 0 Å². The zero-order chi connectivity index (χ0) is 13.3. The minimum atomic E-state index is 0.0871. The molecule has 102 valence electrons. The van der Waals surface area contributed by atoms with Crippen LogP contribution in [-0.4, -0.2) is 26.2 Å². The van der Waals surface area contributed by atoms with Gasteiger partial charge in [-0.3, -0.25) is 0 Å². The highest BCUT2D eigenvalue weighted by molar-refractivity contribution is 5.82. The second-order valence-electron chi connectivity index (χ2n) is 6.18. The van der Waals surface area contributed by atoms with E-state index in [-0.39, 0.29) is 5.41 Å². The first-order valence-corrected chi connectivity index (χ1v) is 7.05. The van der Waals surface area contributed by atoms with Gasteiger partial charge < -0.3 is 15.1 Å². The zero-order valence-electron chi connectivity index (χ0n) is 11.7. The molecule has 1 saturated heterocycles. The highest BCUT2D eigenvalue weighted by Gasteiger charge is 2.25. The Balaban J connectivity index is 1.71. The van der Waals surface area contributed by atoms with E-state index in [9.17, 15) is 0 Å². The van der Waals surface area contributed by atoms with Gasteiger partial charge in [0.25, 0.3) is 0 Å². The van der Waals surface area contributed by atoms with Crippen LogP contribution in [0.2, 0.25) is 0 Å². The van der Waals surface area contributed by atoms with E-state index < -0.39 is 0 Å². The Morgan fingerprint density at radius 3 is 2.84 bits per heavy atom. The molecule has 1 aliphatic rings. The summed E-state index contributed by atoms with van der Waals surface area (Å²) in [6.45, 7) is 8.94. The number of rotatable bonds is 5. The number of nitrogens with one attached hydrogen (secondary N) is 2. The van der Waals surface area contributed by atoms with E-state index in [4.69, 9.17) is 4.42 Å². The van der Waals surface area contributed by atoms with Crippen molar-refractivity contribution in [3.8, 4) is 0 Å². The summed E-state index contributed by atoms with van der Waals surface area (Å²) in [5.41, 5.74) is 2.36. The van der Waals surface area contributed by atoms with E-state index in [1.54, 1.807) is 0 Å². The van der Waals surface area contributed by atoms with Crippen molar-refractivity contribution in [2.75, 3.05) is 26.2 Å². The molecule has 2 heterocycles. The van der Waals surface area contributed by atoms with E-state index >= 15 is 0 Å². The van der Waals surface area contributed by atoms with Crippen LogP contribution in [0.4, 0.5) is 0 Å². The standard InChI is InChI=1S/C16H22N2O/c1-16(2,11-18-9-12-7-17-8-12)14-10-19-15-6-4-3-5-13(14)15/h3-6,10,12,17-18H,7-9,11H2,1-2H3. The van der Waals surface area contributed by atoms with Gasteiger partial charge in [0.05, 0.1) is 6.26 Å². The van der Waals surface area contributed by atoms with Gasteiger partial charge in [0.1, 0.15) is 5.58 Å². The van der Waals surface area contributed by atoms with E-state index in [1.807, 2.05) is 18.4 Å². The van der Waals surface area contributed by atoms with Gasteiger partial charge in [-0.25, -0.2) is 0 Å². The number of para-hydroxylation sites is 1. The number of hydrogen-bond acceptors (Lipinski definition) is 3. The molecule has 2 N–H and O–H groups in total. The van der Waals surface area contributed by atoms with Crippen LogP contribution >= 0.6 is 0 Å². The Bertz CT molecular complexity index is 555. The monoisotopic (exact) mass is 258 g/mol. The maximum absolute atomic E-state index is 5.66. The van der Waals surface area contributed by atoms with Gasteiger partial charge in [-0.2, -0.15) is 0 Å². The van der Waals surface area contributed by atoms with Crippen molar-refractivity contribution in [2.45, 2.75) is 19.3 Å². The molecule has 1 aromatic carbocycles. The van der Waals surface area contributed by atoms with Crippen molar-refractivity contribution in [2.24, 2.45) is 5.92 Å². The molecule has 2 aromatic rings. The molecule has 19 heavy (non-hydrogen) atoms. The van der Waals surface area contributed by atoms with E-state index in [2.05, 4.69) is 36.6 Å². The third-order valence-electron chi connectivity index (χ3n) is 4.08. The fourth-order valence-corrected chi connectivity index (χ4v) is 2.68. The first kappa shape index (κ1) is 12.7. The Morgan fingerprint density at radius 1 is 1.32 bits per heavy atom. The highest BCUT2D eigenvalue weighted by Crippen LogP contribution is 2.31. The van der Waals surface area contributed by atoms with Gasteiger partial charge in [-0.05, 0) is 12.0 Å². The van der Waals surface area contributed by atoms with Crippen molar-refractivity contribution in [1.29, 1.82) is 0 Å². The molecular weight excluding hydrogens is 236 g/mol. The van der Waals surface area contributed by atoms with E-state index in [0.29, 0.717) is 0 Å². The quantitative estimate of drug-likeness (QED) is 0.865. The normalized spacial score (nSPS) is 16.7. The van der Waals surface area contributed by atoms with Gasteiger partial charge in [-0.1, -0.05) is 32.0 Å². The largest absolute Gasteiger partial charge is 0.464 e. The lowest BCUT2D eigenvalue weighted by Gasteiger charge is -2.30. The molecule has 3 nitrogen and oxygen atoms in total. The average molecular weight is 258 g/mol. The third-order valence-corrected chi connectivity index (χ3v) is 4.08. The number of furan rings is 1. The second kappa shape index (κ2) is 4.99. The maximum Gasteiger partial charge on any atom is 0.134 e. The van der Waals surface area contributed by atoms with Crippen molar-refractivity contribution in [3.05, 3.63) is 36.1 Å². The molecule has 0 unspecified atom stereocenters. The topological polar surface area (TPSA) is 37.2 Å². The van der Waals surface area contributed by atoms with Crippen LogP contribution in [0.25, 0.3) is 11.0 Å². The summed E-state index contributed by atoms with van der Waals surface area (Å²) < 4.78 is 5.66. The molecule has 0 saturated carbocycles. The van der Waals surface area contributed by atoms with Crippen LogP contribution in [-0.2, 0) is 5.41 Å². The summed E-state index contributed by atoms with van der Waals surface area (Å²) in [6.07, 6.45) is 1.91. The smallest absolute Gasteiger partial charge is 0.134 e. The minimum Gasteiger partial charge on any atom is -0.464 e. The zero-order valence-corrected chi connectivity index (χ0v) is 11.7. The van der Waals surface area contributed by atoms with Gasteiger partial charge in [0, 0.05) is 42.5 Å². The summed E-state index contributed by atoms with van der Waals surface area (Å²) in [5, 5.41) is 8.14. The molecular formula is C16H22N2O. The average Bonchev–Trinajstić information content (AvgIpc) is 2.77. The number of fused-ring (bicyclic) bond motifs is 1. The van der Waals surface area contributed by atoms with Crippen LogP contribution in [0.15, 0.2) is 34.9 Å². The van der Waals surface area contributed by atoms with Crippen molar-refractivity contribution in [3.63, 3.8) is 0 Å². The maximum atomic E-state index is 5.66. The van der Waals surface area contributed by atoms with E-state index in [0.717, 1.165) is 37.7 Å². The predicted molar refractivity (Wildman–Crippen MR) is 78.5 cm³/mol. The summed E-state index contributed by atoms with van der Waals surface area (Å²) in [5.74, 6) is 0.803. The summed E-state index contributed by atoms with van der Waals surface area (Å²) >= 11 is 0. The molecule has 0 bridgehead atoms. The lowest BCUT2D eigenvalue weighted by atomic mass is 9.84. The molecule has 1 fully saturated rings. The fourth-order valence-electron chi connectivity index (χ4n) is 2.68. The molecule has 0 atom stereocenters. The van der Waals surface area contributed by atoms with Crippen LogP contribution in [0.1, 0.15) is 19.4 Å². The van der Waals surface area contributed by atoms with Gasteiger partial charge in [-0.15, -0.1) is 0 Å². The van der Waals surface area contributed by atoms with E-state index in [1.165, 1.54) is 10.9 Å². The fraction of sp³-hybridized carbons (Fsp3) is 0.500. The highest BCUT2D eigenvalue weighted by atomic mass is 16.3. The third kappa shape index (κ3) is 2.53. The Hall–Kier alpha value is -1.32. The molecule has 0 radical (unpaired) electrons. The molecule has 0 aliphatic carbocycles. The molecule has 3 rings (SSSR count). The van der Waals surface area contributed by atoms with Crippen molar-refractivity contribution >= 4 is 11.0 Å². The lowest BCUT2D eigenvalue weighted by molar-refractivity contribution is 0.319. The second-order valence-corrected chi connectivity index (χ2v) is 6.18. The first-order valence-electron chi connectivity index (χ1n) is 7.05. The SMILES string of the molecule is CC(C)(CNCC1CNC1)c1coc2ccccc12. The van der Waals surface area contributed by atoms with Crippen LogP contribution < -0.4 is 10.6 Å². The van der Waals surface area contributed by atoms with Crippen LogP contribution in [0.3, 0.4) is 0 Å². The summed E-state index contributed by atoms with van der Waals surface area (Å²) in [6, 6.07) is 8.27. The van der Waals surface area contributed by atoms with Crippen LogP contribution in [0, 0.1) is 5.92 Å². The number of hydrogen-bond donors (Lipinski definition) is 2. The summed E-state index contributed by atoms with van der Waals surface area (Å²) in [4.78, 5) is 0. The molecule has 0 amide bonds. The predicted octanol–water partition coefficient (Wildman–Crippen LogP) is 2.52. The van der Waals surface area contributed by atoms with Gasteiger partial charge >= 0.3 is 0 Å². The Morgan fingerprint density at radius 2 is 2.11 bits per heavy atom. The molecule has 0 spiro atoms. The molecule has 1 aliphatic heterocycles. The Labute approximate surface area is 114 Å². The van der Waals surface area contributed by atoms with Crippen LogP contribution in [0.5, 0.6) is 0 Å².